The van der Waals surface area contributed by atoms with Crippen LogP contribution in [0.25, 0.3) is 5.69 Å². The zero-order chi connectivity index (χ0) is 14.7. The van der Waals surface area contributed by atoms with Crippen molar-refractivity contribution in [3.05, 3.63) is 70.7 Å². The molecule has 21 heavy (non-hydrogen) atoms. The molecule has 0 fully saturated rings. The van der Waals surface area contributed by atoms with Gasteiger partial charge in [0, 0.05) is 16.7 Å². The highest BCUT2D eigenvalue weighted by molar-refractivity contribution is 9.10. The molecular weight excluding hydrogens is 328 g/mol. The minimum atomic E-state index is 0.770. The smallest absolute Gasteiger partial charge is 0.123 e. The fourth-order valence-electron chi connectivity index (χ4n) is 2.10. The third kappa shape index (κ3) is 3.31. The van der Waals surface area contributed by atoms with Crippen LogP contribution in [0.2, 0.25) is 0 Å². The predicted octanol–water partition coefficient (Wildman–Crippen LogP) is 3.95. The fourth-order valence-corrected chi connectivity index (χ4v) is 2.74. The van der Waals surface area contributed by atoms with Gasteiger partial charge in [0.15, 0.2) is 0 Å². The van der Waals surface area contributed by atoms with Crippen molar-refractivity contribution in [3.63, 3.8) is 0 Å². The van der Waals surface area contributed by atoms with Crippen molar-refractivity contribution < 1.29 is 0 Å². The van der Waals surface area contributed by atoms with E-state index in [1.165, 1.54) is 11.1 Å². The molecular formula is C16H15BrN4. The van der Waals surface area contributed by atoms with Gasteiger partial charge in [0.2, 0.25) is 0 Å². The molecule has 0 saturated carbocycles. The van der Waals surface area contributed by atoms with Gasteiger partial charge in [0.05, 0.1) is 5.69 Å². The molecule has 3 aromatic rings. The summed E-state index contributed by atoms with van der Waals surface area (Å²) in [6.45, 7) is 2.86. The van der Waals surface area contributed by atoms with E-state index in [0.29, 0.717) is 0 Å². The highest BCUT2D eigenvalue weighted by atomic mass is 79.9. The molecule has 1 heterocycles. The molecule has 0 radical (unpaired) electrons. The number of benzene rings is 2. The topological polar surface area (TPSA) is 42.7 Å². The highest BCUT2D eigenvalue weighted by Crippen LogP contribution is 2.20. The van der Waals surface area contributed by atoms with E-state index in [4.69, 9.17) is 0 Å². The molecule has 0 aliphatic heterocycles. The number of hydrogen-bond acceptors (Lipinski definition) is 3. The first-order valence-electron chi connectivity index (χ1n) is 6.66. The van der Waals surface area contributed by atoms with Crippen LogP contribution in [0.1, 0.15) is 11.1 Å². The Hall–Kier alpha value is -2.14. The summed E-state index contributed by atoms with van der Waals surface area (Å²) in [4.78, 5) is 0. The van der Waals surface area contributed by atoms with E-state index in [9.17, 15) is 0 Å². The van der Waals surface area contributed by atoms with Crippen molar-refractivity contribution in [2.75, 3.05) is 5.32 Å². The van der Waals surface area contributed by atoms with Gasteiger partial charge in [-0.15, -0.1) is 10.2 Å². The van der Waals surface area contributed by atoms with Crippen molar-refractivity contribution in [2.45, 2.75) is 13.5 Å². The van der Waals surface area contributed by atoms with Crippen molar-refractivity contribution in [2.24, 2.45) is 0 Å². The molecule has 4 nitrogen and oxygen atoms in total. The molecule has 0 aliphatic rings. The largest absolute Gasteiger partial charge is 0.381 e. The quantitative estimate of drug-likeness (QED) is 0.780. The molecule has 0 saturated heterocycles. The van der Waals surface area contributed by atoms with Crippen molar-refractivity contribution >= 4 is 21.6 Å². The van der Waals surface area contributed by atoms with Crippen LogP contribution in [0.4, 0.5) is 5.69 Å². The Labute approximate surface area is 132 Å². The zero-order valence-corrected chi connectivity index (χ0v) is 13.2. The fraction of sp³-hybridized carbons (Fsp3) is 0.125. The maximum atomic E-state index is 3.83. The van der Waals surface area contributed by atoms with E-state index in [1.54, 1.807) is 12.7 Å². The van der Waals surface area contributed by atoms with Crippen LogP contribution in [0, 0.1) is 6.92 Å². The number of hydrogen-bond donors (Lipinski definition) is 1. The lowest BCUT2D eigenvalue weighted by Crippen LogP contribution is -2.01. The first-order chi connectivity index (χ1) is 10.2. The number of nitrogens with one attached hydrogen (secondary N) is 1. The molecule has 1 aromatic heterocycles. The van der Waals surface area contributed by atoms with E-state index < -0.39 is 0 Å². The van der Waals surface area contributed by atoms with Gasteiger partial charge in [-0.05, 0) is 42.3 Å². The summed E-state index contributed by atoms with van der Waals surface area (Å²) >= 11 is 3.61. The maximum Gasteiger partial charge on any atom is 0.123 e. The SMILES string of the molecule is Cc1ccc(CNc2cccc(-n3cnnc3)c2)c(Br)c1. The van der Waals surface area contributed by atoms with E-state index in [1.807, 2.05) is 16.7 Å². The number of aryl methyl sites for hydroxylation is 1. The molecule has 1 N–H and O–H groups in total. The van der Waals surface area contributed by atoms with Crippen molar-refractivity contribution in [3.8, 4) is 5.69 Å². The zero-order valence-electron chi connectivity index (χ0n) is 11.6. The Morgan fingerprint density at radius 2 is 1.90 bits per heavy atom. The maximum absolute atomic E-state index is 3.83. The minimum absolute atomic E-state index is 0.770. The monoisotopic (exact) mass is 342 g/mol. The van der Waals surface area contributed by atoms with Gasteiger partial charge in [0.25, 0.3) is 0 Å². The first-order valence-corrected chi connectivity index (χ1v) is 7.45. The molecule has 0 unspecified atom stereocenters. The summed E-state index contributed by atoms with van der Waals surface area (Å²) in [5.41, 5.74) is 4.58. The van der Waals surface area contributed by atoms with Gasteiger partial charge >= 0.3 is 0 Å². The van der Waals surface area contributed by atoms with Crippen molar-refractivity contribution in [1.82, 2.24) is 14.8 Å². The van der Waals surface area contributed by atoms with Gasteiger partial charge in [-0.1, -0.05) is 34.1 Å². The summed E-state index contributed by atoms with van der Waals surface area (Å²) in [5.74, 6) is 0. The Morgan fingerprint density at radius 1 is 1.10 bits per heavy atom. The predicted molar refractivity (Wildman–Crippen MR) is 87.6 cm³/mol. The molecule has 0 atom stereocenters. The molecule has 5 heteroatoms. The molecule has 0 spiro atoms. The number of rotatable bonds is 4. The van der Waals surface area contributed by atoms with Crippen LogP contribution in [0.5, 0.6) is 0 Å². The molecule has 3 rings (SSSR count). The average molecular weight is 343 g/mol. The second kappa shape index (κ2) is 6.10. The highest BCUT2D eigenvalue weighted by Gasteiger charge is 2.02. The van der Waals surface area contributed by atoms with Crippen LogP contribution in [-0.2, 0) is 6.54 Å². The second-order valence-electron chi connectivity index (χ2n) is 4.87. The lowest BCUT2D eigenvalue weighted by Gasteiger charge is -2.10. The number of halogens is 1. The molecule has 106 valence electrons. The lowest BCUT2D eigenvalue weighted by atomic mass is 10.1. The van der Waals surface area contributed by atoms with E-state index in [-0.39, 0.29) is 0 Å². The normalized spacial score (nSPS) is 10.6. The van der Waals surface area contributed by atoms with Gasteiger partial charge in [-0.3, -0.25) is 4.57 Å². The third-order valence-electron chi connectivity index (χ3n) is 3.25. The Kier molecular flexibility index (Phi) is 4.01. The molecule has 2 aromatic carbocycles. The molecule has 0 bridgehead atoms. The molecule has 0 amide bonds. The third-order valence-corrected chi connectivity index (χ3v) is 3.99. The van der Waals surface area contributed by atoms with Gasteiger partial charge in [-0.25, -0.2) is 0 Å². The average Bonchev–Trinajstić information content (AvgIpc) is 3.01. The summed E-state index contributed by atoms with van der Waals surface area (Å²) in [6.07, 6.45) is 3.38. The summed E-state index contributed by atoms with van der Waals surface area (Å²) in [7, 11) is 0. The van der Waals surface area contributed by atoms with Crippen LogP contribution >= 0.6 is 15.9 Å². The molecule has 0 aliphatic carbocycles. The number of anilines is 1. The van der Waals surface area contributed by atoms with Crippen LogP contribution in [0.15, 0.2) is 59.6 Å². The van der Waals surface area contributed by atoms with E-state index >= 15 is 0 Å². The van der Waals surface area contributed by atoms with Crippen molar-refractivity contribution in [1.29, 1.82) is 0 Å². The van der Waals surface area contributed by atoms with Gasteiger partial charge in [-0.2, -0.15) is 0 Å². The van der Waals surface area contributed by atoms with Crippen LogP contribution in [-0.4, -0.2) is 14.8 Å². The second-order valence-corrected chi connectivity index (χ2v) is 5.72. The van der Waals surface area contributed by atoms with Gasteiger partial charge in [0.1, 0.15) is 12.7 Å². The van der Waals surface area contributed by atoms with E-state index in [2.05, 4.69) is 68.7 Å². The Balaban J connectivity index is 1.75. The summed E-state index contributed by atoms with van der Waals surface area (Å²) < 4.78 is 3.01. The minimum Gasteiger partial charge on any atom is -0.381 e. The van der Waals surface area contributed by atoms with Crippen LogP contribution < -0.4 is 5.32 Å². The Morgan fingerprint density at radius 3 is 2.67 bits per heavy atom. The summed E-state index contributed by atoms with van der Waals surface area (Å²) in [5, 5.41) is 11.1. The Bertz CT molecular complexity index is 738. The summed E-state index contributed by atoms with van der Waals surface area (Å²) in [6, 6.07) is 14.6. The van der Waals surface area contributed by atoms with E-state index in [0.717, 1.165) is 22.4 Å². The number of nitrogens with zero attached hydrogens (tertiary/aromatic N) is 3. The number of aromatic nitrogens is 3. The standard InChI is InChI=1S/C16H15BrN4/c1-12-5-6-13(16(17)7-12)9-18-14-3-2-4-15(8-14)21-10-19-20-11-21/h2-8,10-11,18H,9H2,1H3. The first kappa shape index (κ1) is 13.8. The van der Waals surface area contributed by atoms with Crippen LogP contribution in [0.3, 0.4) is 0 Å². The lowest BCUT2D eigenvalue weighted by molar-refractivity contribution is 1.05. The van der Waals surface area contributed by atoms with Gasteiger partial charge < -0.3 is 5.32 Å².